The van der Waals surface area contributed by atoms with Crippen LogP contribution in [0.1, 0.15) is 12.6 Å². The SMILES string of the molecule is CC(C(=O)Nc1cccc(F)c1)N1CCN(c2cc(C#N)nc3ccccc23)CC1. The van der Waals surface area contributed by atoms with Crippen LogP contribution in [0.25, 0.3) is 10.9 Å². The predicted molar refractivity (Wildman–Crippen MR) is 115 cm³/mol. The molecule has 0 bridgehead atoms. The zero-order chi connectivity index (χ0) is 21.1. The van der Waals surface area contributed by atoms with Crippen molar-refractivity contribution in [3.05, 3.63) is 66.1 Å². The van der Waals surface area contributed by atoms with Crippen LogP contribution in [-0.2, 0) is 4.79 Å². The van der Waals surface area contributed by atoms with Gasteiger partial charge in [-0.2, -0.15) is 5.26 Å². The minimum atomic E-state index is -0.379. The van der Waals surface area contributed by atoms with Gasteiger partial charge in [-0.15, -0.1) is 0 Å². The van der Waals surface area contributed by atoms with Crippen LogP contribution in [0.3, 0.4) is 0 Å². The second kappa shape index (κ2) is 8.47. The summed E-state index contributed by atoms with van der Waals surface area (Å²) >= 11 is 0. The van der Waals surface area contributed by atoms with Gasteiger partial charge in [0.25, 0.3) is 0 Å². The first kappa shape index (κ1) is 19.8. The van der Waals surface area contributed by atoms with E-state index >= 15 is 0 Å². The Hall–Kier alpha value is -3.50. The van der Waals surface area contributed by atoms with Gasteiger partial charge in [-0.1, -0.05) is 24.3 Å². The maximum Gasteiger partial charge on any atom is 0.241 e. The standard InChI is InChI=1S/C23H22FN5O/c1-16(23(30)27-18-6-4-5-17(24)13-18)28-9-11-29(12-10-28)22-14-19(15-25)26-21-8-3-2-7-20(21)22/h2-8,13-14,16H,9-12H2,1H3,(H,27,30). The number of carbonyl (C=O) groups excluding carboxylic acids is 1. The van der Waals surface area contributed by atoms with E-state index in [0.717, 1.165) is 29.7 Å². The molecule has 0 spiro atoms. The molecular weight excluding hydrogens is 381 g/mol. The van der Waals surface area contributed by atoms with Crippen molar-refractivity contribution < 1.29 is 9.18 Å². The molecular formula is C23H22FN5O. The summed E-state index contributed by atoms with van der Waals surface area (Å²) in [6, 6.07) is 17.3. The summed E-state index contributed by atoms with van der Waals surface area (Å²) in [6.07, 6.45) is 0. The second-order valence-electron chi connectivity index (χ2n) is 7.35. The van der Waals surface area contributed by atoms with Gasteiger partial charge in [0.05, 0.1) is 11.6 Å². The monoisotopic (exact) mass is 403 g/mol. The molecule has 1 fully saturated rings. The Morgan fingerprint density at radius 3 is 2.63 bits per heavy atom. The minimum absolute atomic E-state index is 0.157. The first-order valence-corrected chi connectivity index (χ1v) is 9.90. The maximum absolute atomic E-state index is 13.4. The number of rotatable bonds is 4. The van der Waals surface area contributed by atoms with E-state index in [0.29, 0.717) is 24.5 Å². The van der Waals surface area contributed by atoms with Crippen molar-refractivity contribution in [2.75, 3.05) is 36.4 Å². The topological polar surface area (TPSA) is 72.3 Å². The average Bonchev–Trinajstić information content (AvgIpc) is 2.78. The molecule has 3 aromatic rings. The van der Waals surface area contributed by atoms with Crippen LogP contribution in [0.4, 0.5) is 15.8 Å². The van der Waals surface area contributed by atoms with Crippen LogP contribution < -0.4 is 10.2 Å². The van der Waals surface area contributed by atoms with E-state index in [1.807, 2.05) is 37.3 Å². The third-order valence-electron chi connectivity index (χ3n) is 5.48. The molecule has 1 N–H and O–H groups in total. The van der Waals surface area contributed by atoms with Gasteiger partial charge in [0.15, 0.2) is 0 Å². The molecule has 1 atom stereocenters. The summed E-state index contributed by atoms with van der Waals surface area (Å²) in [7, 11) is 0. The van der Waals surface area contributed by atoms with Crippen LogP contribution in [0, 0.1) is 17.1 Å². The smallest absolute Gasteiger partial charge is 0.241 e. The fourth-order valence-corrected chi connectivity index (χ4v) is 3.80. The number of halogens is 1. The summed E-state index contributed by atoms with van der Waals surface area (Å²) in [5.41, 5.74) is 2.65. The van der Waals surface area contributed by atoms with E-state index in [1.165, 1.54) is 12.1 Å². The molecule has 30 heavy (non-hydrogen) atoms. The number of anilines is 2. The second-order valence-corrected chi connectivity index (χ2v) is 7.35. The molecule has 4 rings (SSSR count). The molecule has 6 nitrogen and oxygen atoms in total. The highest BCUT2D eigenvalue weighted by Gasteiger charge is 2.26. The van der Waals surface area contributed by atoms with Crippen molar-refractivity contribution in [2.24, 2.45) is 0 Å². The molecule has 1 aromatic heterocycles. The van der Waals surface area contributed by atoms with Crippen molar-refractivity contribution >= 4 is 28.2 Å². The molecule has 1 amide bonds. The Morgan fingerprint density at radius 2 is 1.90 bits per heavy atom. The molecule has 2 heterocycles. The van der Waals surface area contributed by atoms with E-state index in [1.54, 1.807) is 12.1 Å². The molecule has 0 radical (unpaired) electrons. The molecule has 7 heteroatoms. The lowest BCUT2D eigenvalue weighted by Gasteiger charge is -2.38. The van der Waals surface area contributed by atoms with Gasteiger partial charge in [-0.3, -0.25) is 9.69 Å². The number of nitrogens with zero attached hydrogens (tertiary/aromatic N) is 4. The van der Waals surface area contributed by atoms with Crippen LogP contribution in [0.15, 0.2) is 54.6 Å². The highest BCUT2D eigenvalue weighted by molar-refractivity contribution is 5.95. The third-order valence-corrected chi connectivity index (χ3v) is 5.48. The van der Waals surface area contributed by atoms with Crippen molar-refractivity contribution in [3.63, 3.8) is 0 Å². The van der Waals surface area contributed by atoms with E-state index in [4.69, 9.17) is 0 Å². The fourth-order valence-electron chi connectivity index (χ4n) is 3.80. The number of hydrogen-bond acceptors (Lipinski definition) is 5. The summed E-state index contributed by atoms with van der Waals surface area (Å²) in [6.45, 7) is 4.74. The first-order chi connectivity index (χ1) is 14.5. The lowest BCUT2D eigenvalue weighted by Crippen LogP contribution is -2.52. The Bertz CT molecular complexity index is 1120. The molecule has 0 aliphatic carbocycles. The van der Waals surface area contributed by atoms with Crippen LogP contribution >= 0.6 is 0 Å². The summed E-state index contributed by atoms with van der Waals surface area (Å²) in [5, 5.41) is 13.1. The largest absolute Gasteiger partial charge is 0.368 e. The highest BCUT2D eigenvalue weighted by atomic mass is 19.1. The van der Waals surface area contributed by atoms with Crippen molar-refractivity contribution in [1.82, 2.24) is 9.88 Å². The molecule has 0 saturated carbocycles. The summed E-state index contributed by atoms with van der Waals surface area (Å²) < 4.78 is 13.4. The average molecular weight is 403 g/mol. The molecule has 2 aromatic carbocycles. The number of carbonyl (C=O) groups is 1. The zero-order valence-electron chi connectivity index (χ0n) is 16.7. The predicted octanol–water partition coefficient (Wildman–Crippen LogP) is 3.39. The molecule has 1 saturated heterocycles. The Morgan fingerprint density at radius 1 is 1.13 bits per heavy atom. The quantitative estimate of drug-likeness (QED) is 0.723. The van der Waals surface area contributed by atoms with E-state index in [2.05, 4.69) is 26.2 Å². The number of amides is 1. The number of pyridine rings is 1. The third kappa shape index (κ3) is 4.09. The number of para-hydroxylation sites is 1. The van der Waals surface area contributed by atoms with Gasteiger partial charge < -0.3 is 10.2 Å². The van der Waals surface area contributed by atoms with E-state index < -0.39 is 0 Å². The number of nitrogens with one attached hydrogen (secondary N) is 1. The first-order valence-electron chi connectivity index (χ1n) is 9.90. The van der Waals surface area contributed by atoms with Crippen molar-refractivity contribution in [1.29, 1.82) is 5.26 Å². The molecule has 1 aliphatic heterocycles. The number of piperazine rings is 1. The highest BCUT2D eigenvalue weighted by Crippen LogP contribution is 2.28. The molecule has 1 unspecified atom stereocenters. The Balaban J connectivity index is 1.44. The van der Waals surface area contributed by atoms with Gasteiger partial charge in [0.1, 0.15) is 17.6 Å². The van der Waals surface area contributed by atoms with Crippen molar-refractivity contribution in [3.8, 4) is 6.07 Å². The van der Waals surface area contributed by atoms with Crippen molar-refractivity contribution in [2.45, 2.75) is 13.0 Å². The van der Waals surface area contributed by atoms with Gasteiger partial charge in [-0.05, 0) is 37.3 Å². The minimum Gasteiger partial charge on any atom is -0.368 e. The van der Waals surface area contributed by atoms with Gasteiger partial charge >= 0.3 is 0 Å². The fraction of sp³-hybridized carbons (Fsp3) is 0.261. The van der Waals surface area contributed by atoms with Crippen LogP contribution in [-0.4, -0.2) is 48.0 Å². The zero-order valence-corrected chi connectivity index (χ0v) is 16.7. The number of benzene rings is 2. The molecule has 152 valence electrons. The number of hydrogen-bond donors (Lipinski definition) is 1. The number of nitriles is 1. The van der Waals surface area contributed by atoms with Gasteiger partial charge in [-0.25, -0.2) is 9.37 Å². The van der Waals surface area contributed by atoms with Gasteiger partial charge in [0.2, 0.25) is 5.91 Å². The maximum atomic E-state index is 13.4. The summed E-state index contributed by atoms with van der Waals surface area (Å²) in [5.74, 6) is -0.537. The number of fused-ring (bicyclic) bond motifs is 1. The Labute approximate surface area is 174 Å². The normalized spacial score (nSPS) is 15.6. The Kier molecular flexibility index (Phi) is 5.59. The van der Waals surface area contributed by atoms with E-state index in [9.17, 15) is 14.4 Å². The van der Waals surface area contributed by atoms with Gasteiger partial charge in [0, 0.05) is 42.9 Å². The van der Waals surface area contributed by atoms with E-state index in [-0.39, 0.29) is 17.8 Å². The lowest BCUT2D eigenvalue weighted by atomic mass is 10.1. The van der Waals surface area contributed by atoms with Crippen LogP contribution in [0.2, 0.25) is 0 Å². The number of aromatic nitrogens is 1. The molecule has 1 aliphatic rings. The lowest BCUT2D eigenvalue weighted by molar-refractivity contribution is -0.120. The summed E-state index contributed by atoms with van der Waals surface area (Å²) in [4.78, 5) is 21.3. The van der Waals surface area contributed by atoms with Crippen LogP contribution in [0.5, 0.6) is 0 Å².